The highest BCUT2D eigenvalue weighted by Gasteiger charge is 2.29. The molecule has 30 heavy (non-hydrogen) atoms. The van der Waals surface area contributed by atoms with Gasteiger partial charge in [0.25, 0.3) is 5.56 Å². The van der Waals surface area contributed by atoms with Crippen molar-refractivity contribution in [1.82, 2.24) is 4.57 Å². The summed E-state index contributed by atoms with van der Waals surface area (Å²) in [5.41, 5.74) is 0.0192. The Bertz CT molecular complexity index is 1390. The normalized spacial score (nSPS) is 17.3. The Labute approximate surface area is 172 Å². The van der Waals surface area contributed by atoms with Crippen molar-refractivity contribution in [2.24, 2.45) is 5.92 Å². The predicted molar refractivity (Wildman–Crippen MR) is 112 cm³/mol. The van der Waals surface area contributed by atoms with Crippen LogP contribution >= 0.6 is 0 Å². The number of sulfone groups is 1. The van der Waals surface area contributed by atoms with Crippen LogP contribution in [0.25, 0.3) is 16.6 Å². The Kier molecular flexibility index (Phi) is 4.21. The van der Waals surface area contributed by atoms with E-state index >= 15 is 0 Å². The van der Waals surface area contributed by atoms with Crippen LogP contribution in [0.5, 0.6) is 5.75 Å². The van der Waals surface area contributed by atoms with Crippen molar-refractivity contribution in [3.63, 3.8) is 0 Å². The Balaban J connectivity index is 1.75. The molecule has 0 saturated heterocycles. The molecular formula is C22H19FN2O4S. The van der Waals surface area contributed by atoms with Crippen LogP contribution < -0.4 is 10.9 Å². The van der Waals surface area contributed by atoms with E-state index in [1.165, 1.54) is 22.8 Å². The van der Waals surface area contributed by atoms with Gasteiger partial charge in [0.05, 0.1) is 27.2 Å². The molecule has 2 aromatic carbocycles. The fourth-order valence-electron chi connectivity index (χ4n) is 3.93. The maximum absolute atomic E-state index is 13.9. The van der Waals surface area contributed by atoms with E-state index < -0.39 is 27.0 Å². The lowest BCUT2D eigenvalue weighted by Crippen LogP contribution is -2.27. The highest BCUT2D eigenvalue weighted by molar-refractivity contribution is 7.94. The summed E-state index contributed by atoms with van der Waals surface area (Å²) >= 11 is 0. The molecule has 5 rings (SSSR count). The highest BCUT2D eigenvalue weighted by atomic mass is 32.2. The first kappa shape index (κ1) is 18.9. The number of rotatable bonds is 4. The first-order valence-electron chi connectivity index (χ1n) is 9.73. The van der Waals surface area contributed by atoms with E-state index in [-0.39, 0.29) is 21.5 Å². The second-order valence-corrected chi connectivity index (χ2v) is 9.54. The molecule has 154 valence electrons. The van der Waals surface area contributed by atoms with Crippen molar-refractivity contribution in [1.29, 1.82) is 0 Å². The van der Waals surface area contributed by atoms with E-state index in [1.807, 2.05) is 0 Å². The number of halogens is 1. The molecule has 0 atom stereocenters. The molecule has 8 heteroatoms. The minimum atomic E-state index is -3.82. The van der Waals surface area contributed by atoms with E-state index in [0.29, 0.717) is 23.7 Å². The summed E-state index contributed by atoms with van der Waals surface area (Å²) in [5, 5.41) is 14.9. The van der Waals surface area contributed by atoms with E-state index in [1.54, 1.807) is 18.2 Å². The smallest absolute Gasteiger partial charge is 0.264 e. The third-order valence-electron chi connectivity index (χ3n) is 5.66. The number of hydrogen-bond donors (Lipinski definition) is 2. The van der Waals surface area contributed by atoms with Crippen LogP contribution in [0, 0.1) is 11.7 Å². The molecule has 0 bridgehead atoms. The minimum absolute atomic E-state index is 0.0254. The van der Waals surface area contributed by atoms with Crippen molar-refractivity contribution in [2.75, 3.05) is 5.32 Å². The predicted octanol–water partition coefficient (Wildman–Crippen LogP) is 3.84. The molecule has 2 aliphatic rings. The van der Waals surface area contributed by atoms with Gasteiger partial charge in [0.15, 0.2) is 0 Å². The van der Waals surface area contributed by atoms with E-state index in [2.05, 4.69) is 5.32 Å². The number of hydrogen-bond acceptors (Lipinski definition) is 5. The summed E-state index contributed by atoms with van der Waals surface area (Å²) in [6.45, 7) is 0.412. The third kappa shape index (κ3) is 3.08. The summed E-state index contributed by atoms with van der Waals surface area (Å²) < 4.78 is 40.9. The number of nitrogens with zero attached hydrogens (tertiary/aromatic N) is 1. The standard InChI is InChI=1S/C22H19FN2O4S/c23-14-7-8-18-15(11-14)21(26)20(22(27)25(18)10-9-13-5-6-13)17-12-30(28,29)19-4-2-1-3-16(19)24-17/h1-4,7-8,11-13,24,26H,5-6,9-10H2. The molecule has 0 unspecified atom stereocenters. The average molecular weight is 426 g/mol. The molecule has 0 radical (unpaired) electrons. The summed E-state index contributed by atoms with van der Waals surface area (Å²) in [5.74, 6) is -0.436. The first-order valence-corrected chi connectivity index (χ1v) is 11.3. The highest BCUT2D eigenvalue weighted by Crippen LogP contribution is 2.38. The van der Waals surface area contributed by atoms with Crippen LogP contribution in [-0.2, 0) is 16.4 Å². The molecule has 0 amide bonds. The zero-order chi connectivity index (χ0) is 21.0. The monoisotopic (exact) mass is 426 g/mol. The van der Waals surface area contributed by atoms with E-state index in [0.717, 1.165) is 30.7 Å². The van der Waals surface area contributed by atoms with E-state index in [4.69, 9.17) is 0 Å². The molecule has 2 heterocycles. The zero-order valence-corrected chi connectivity index (χ0v) is 16.7. The van der Waals surface area contributed by atoms with Crippen molar-refractivity contribution >= 4 is 32.1 Å². The SMILES string of the molecule is O=c1c(C2=CS(=O)(=O)c3ccccc3N2)c(O)c2cc(F)ccc2n1CCC1CC1. The van der Waals surface area contributed by atoms with Gasteiger partial charge in [-0.05, 0) is 42.7 Å². The quantitative estimate of drug-likeness (QED) is 0.662. The van der Waals surface area contributed by atoms with Crippen molar-refractivity contribution in [3.8, 4) is 5.75 Å². The molecule has 1 aliphatic heterocycles. The van der Waals surface area contributed by atoms with Gasteiger partial charge in [-0.3, -0.25) is 4.79 Å². The van der Waals surface area contributed by atoms with Crippen LogP contribution in [0.2, 0.25) is 0 Å². The second kappa shape index (κ2) is 6.70. The molecule has 6 nitrogen and oxygen atoms in total. The lowest BCUT2D eigenvalue weighted by molar-refractivity contribution is 0.475. The zero-order valence-electron chi connectivity index (χ0n) is 15.9. The van der Waals surface area contributed by atoms with Gasteiger partial charge >= 0.3 is 0 Å². The van der Waals surface area contributed by atoms with E-state index in [9.17, 15) is 22.7 Å². The van der Waals surface area contributed by atoms with Crippen LogP contribution in [0.1, 0.15) is 24.8 Å². The molecule has 3 aromatic rings. The first-order chi connectivity index (χ1) is 14.3. The van der Waals surface area contributed by atoms with Crippen molar-refractivity contribution in [2.45, 2.75) is 30.7 Å². The molecule has 0 spiro atoms. The summed E-state index contributed by atoms with van der Waals surface area (Å²) in [7, 11) is -3.82. The molecule has 1 aliphatic carbocycles. The minimum Gasteiger partial charge on any atom is -0.506 e. The maximum Gasteiger partial charge on any atom is 0.264 e. The Morgan fingerprint density at radius 2 is 1.93 bits per heavy atom. The molecular weight excluding hydrogens is 407 g/mol. The number of benzene rings is 2. The number of nitrogens with one attached hydrogen (secondary N) is 1. The van der Waals surface area contributed by atoms with Gasteiger partial charge in [-0.1, -0.05) is 25.0 Å². The van der Waals surface area contributed by atoms with Crippen LogP contribution in [-0.4, -0.2) is 18.1 Å². The Morgan fingerprint density at radius 1 is 1.17 bits per heavy atom. The van der Waals surface area contributed by atoms with Gasteiger partial charge in [0.1, 0.15) is 17.1 Å². The van der Waals surface area contributed by atoms with Gasteiger partial charge in [0, 0.05) is 11.9 Å². The fourth-order valence-corrected chi connectivity index (χ4v) is 5.24. The van der Waals surface area contributed by atoms with Crippen LogP contribution in [0.15, 0.2) is 57.6 Å². The van der Waals surface area contributed by atoms with Crippen molar-refractivity contribution < 1.29 is 17.9 Å². The number of anilines is 1. The van der Waals surface area contributed by atoms with Gasteiger partial charge in [-0.25, -0.2) is 12.8 Å². The largest absolute Gasteiger partial charge is 0.506 e. The fraction of sp³-hybridized carbons (Fsp3) is 0.227. The number of pyridine rings is 1. The lowest BCUT2D eigenvalue weighted by atomic mass is 10.1. The topological polar surface area (TPSA) is 88.4 Å². The van der Waals surface area contributed by atoms with Gasteiger partial charge in [-0.2, -0.15) is 0 Å². The molecule has 1 fully saturated rings. The summed E-state index contributed by atoms with van der Waals surface area (Å²) in [6, 6.07) is 10.2. The van der Waals surface area contributed by atoms with Crippen molar-refractivity contribution in [3.05, 3.63) is 69.6 Å². The number of fused-ring (bicyclic) bond motifs is 2. The number of para-hydroxylation sites is 1. The number of aryl methyl sites for hydroxylation is 1. The lowest BCUT2D eigenvalue weighted by Gasteiger charge is -2.21. The second-order valence-electron chi connectivity index (χ2n) is 7.77. The van der Waals surface area contributed by atoms with Gasteiger partial charge < -0.3 is 15.0 Å². The number of aromatic hydroxyl groups is 1. The summed E-state index contributed by atoms with van der Waals surface area (Å²) in [4.78, 5) is 13.5. The van der Waals surface area contributed by atoms with Gasteiger partial charge in [0.2, 0.25) is 9.84 Å². The van der Waals surface area contributed by atoms with Gasteiger partial charge in [-0.15, -0.1) is 0 Å². The Morgan fingerprint density at radius 3 is 2.70 bits per heavy atom. The Hall–Kier alpha value is -3.13. The van der Waals surface area contributed by atoms with Crippen LogP contribution in [0.3, 0.4) is 0 Å². The van der Waals surface area contributed by atoms with Crippen LogP contribution in [0.4, 0.5) is 10.1 Å². The average Bonchev–Trinajstić information content (AvgIpc) is 3.52. The third-order valence-corrected chi connectivity index (χ3v) is 7.18. The maximum atomic E-state index is 13.9. The molecule has 1 saturated carbocycles. The molecule has 1 aromatic heterocycles. The molecule has 2 N–H and O–H groups in total. The summed E-state index contributed by atoms with van der Waals surface area (Å²) in [6.07, 6.45) is 3.03. The number of aromatic nitrogens is 1.